The highest BCUT2D eigenvalue weighted by Gasteiger charge is 2.38. The summed E-state index contributed by atoms with van der Waals surface area (Å²) in [6.07, 6.45) is 5.10. The third kappa shape index (κ3) is 2.78. The standard InChI is InChI=1S/C18H19N5O2S/c19-12-16-18(21-9-8-20-16)22-10-3-5-15(13-22)26(24,25)23-11-7-14-4-1-2-6-17(14)23/h1-2,4,6,8-9,15H,3,5,7,10-11,13H2. The minimum Gasteiger partial charge on any atom is -0.353 e. The van der Waals surface area contributed by atoms with Gasteiger partial charge in [0.15, 0.2) is 11.5 Å². The largest absolute Gasteiger partial charge is 0.353 e. The summed E-state index contributed by atoms with van der Waals surface area (Å²) >= 11 is 0. The molecular formula is C18H19N5O2S. The quantitative estimate of drug-likeness (QED) is 0.818. The van der Waals surface area contributed by atoms with Crippen molar-refractivity contribution < 1.29 is 8.42 Å². The van der Waals surface area contributed by atoms with Crippen molar-refractivity contribution in [3.05, 3.63) is 47.9 Å². The Morgan fingerprint density at radius 2 is 1.96 bits per heavy atom. The summed E-state index contributed by atoms with van der Waals surface area (Å²) in [5.41, 5.74) is 2.10. The Hall–Kier alpha value is -2.66. The first-order chi connectivity index (χ1) is 12.6. The van der Waals surface area contributed by atoms with Gasteiger partial charge in [-0.1, -0.05) is 18.2 Å². The van der Waals surface area contributed by atoms with Gasteiger partial charge in [-0.15, -0.1) is 0 Å². The van der Waals surface area contributed by atoms with Crippen molar-refractivity contribution >= 4 is 21.5 Å². The highest BCUT2D eigenvalue weighted by molar-refractivity contribution is 7.93. The Bertz CT molecular complexity index is 970. The lowest BCUT2D eigenvalue weighted by Gasteiger charge is -2.35. The topological polar surface area (TPSA) is 90.2 Å². The summed E-state index contributed by atoms with van der Waals surface area (Å²) in [7, 11) is -3.48. The van der Waals surface area contributed by atoms with Crippen LogP contribution in [0.15, 0.2) is 36.7 Å². The van der Waals surface area contributed by atoms with Gasteiger partial charge in [0.05, 0.1) is 10.9 Å². The first-order valence-electron chi connectivity index (χ1n) is 8.67. The molecule has 0 N–H and O–H groups in total. The van der Waals surface area contributed by atoms with Crippen molar-refractivity contribution in [1.82, 2.24) is 9.97 Å². The SMILES string of the molecule is N#Cc1nccnc1N1CCCC(S(=O)(=O)N2CCc3ccccc32)C1. The van der Waals surface area contributed by atoms with Crippen molar-refractivity contribution in [3.63, 3.8) is 0 Å². The molecule has 26 heavy (non-hydrogen) atoms. The van der Waals surface area contributed by atoms with E-state index >= 15 is 0 Å². The highest BCUT2D eigenvalue weighted by atomic mass is 32.2. The summed E-state index contributed by atoms with van der Waals surface area (Å²) < 4.78 is 28.1. The number of sulfonamides is 1. The van der Waals surface area contributed by atoms with Crippen LogP contribution in [0.4, 0.5) is 11.5 Å². The zero-order valence-corrected chi connectivity index (χ0v) is 15.1. The van der Waals surface area contributed by atoms with Gasteiger partial charge in [-0.2, -0.15) is 5.26 Å². The molecule has 134 valence electrons. The molecule has 2 aliphatic rings. The van der Waals surface area contributed by atoms with Crippen LogP contribution in [0.1, 0.15) is 24.1 Å². The van der Waals surface area contributed by atoms with E-state index in [4.69, 9.17) is 0 Å². The summed E-state index contributed by atoms with van der Waals surface area (Å²) in [5.74, 6) is 0.469. The van der Waals surface area contributed by atoms with Gasteiger partial charge in [-0.3, -0.25) is 4.31 Å². The Kier molecular flexibility index (Phi) is 4.24. The Morgan fingerprint density at radius 3 is 2.81 bits per heavy atom. The smallest absolute Gasteiger partial charge is 0.239 e. The number of aromatic nitrogens is 2. The minimum absolute atomic E-state index is 0.233. The molecule has 3 heterocycles. The first-order valence-corrected chi connectivity index (χ1v) is 10.2. The molecule has 1 aromatic carbocycles. The van der Waals surface area contributed by atoms with Crippen LogP contribution >= 0.6 is 0 Å². The van der Waals surface area contributed by atoms with E-state index < -0.39 is 15.3 Å². The minimum atomic E-state index is -3.48. The third-order valence-corrected chi connectivity index (χ3v) is 7.26. The number of nitrogens with zero attached hydrogens (tertiary/aromatic N) is 5. The fourth-order valence-corrected chi connectivity index (χ4v) is 5.76. The summed E-state index contributed by atoms with van der Waals surface area (Å²) in [6.45, 7) is 1.50. The van der Waals surface area contributed by atoms with Crippen LogP contribution in [-0.2, 0) is 16.4 Å². The molecule has 1 fully saturated rings. The summed E-state index contributed by atoms with van der Waals surface area (Å²) in [6, 6.07) is 9.71. The second-order valence-corrected chi connectivity index (χ2v) is 8.68. The summed E-state index contributed by atoms with van der Waals surface area (Å²) in [4.78, 5) is 10.2. The van der Waals surface area contributed by atoms with Crippen molar-refractivity contribution in [2.75, 3.05) is 28.8 Å². The fraction of sp³-hybridized carbons (Fsp3) is 0.389. The highest BCUT2D eigenvalue weighted by Crippen LogP contribution is 2.33. The number of rotatable bonds is 3. The number of piperidine rings is 1. The predicted molar refractivity (Wildman–Crippen MR) is 98.4 cm³/mol. The number of fused-ring (bicyclic) bond motifs is 1. The predicted octanol–water partition coefficient (Wildman–Crippen LogP) is 1.71. The van der Waals surface area contributed by atoms with E-state index in [1.54, 1.807) is 4.31 Å². The molecule has 2 aromatic rings. The van der Waals surface area contributed by atoms with E-state index in [1.165, 1.54) is 12.4 Å². The van der Waals surface area contributed by atoms with Crippen molar-refractivity contribution in [3.8, 4) is 6.07 Å². The van der Waals surface area contributed by atoms with Gasteiger partial charge in [0.2, 0.25) is 10.0 Å². The summed E-state index contributed by atoms with van der Waals surface area (Å²) in [5, 5.41) is 8.73. The van der Waals surface area contributed by atoms with E-state index in [9.17, 15) is 13.7 Å². The normalized spacial score (nSPS) is 19.9. The van der Waals surface area contributed by atoms with Gasteiger partial charge in [0, 0.05) is 32.0 Å². The van der Waals surface area contributed by atoms with E-state index in [0.717, 1.165) is 24.1 Å². The van der Waals surface area contributed by atoms with Crippen LogP contribution in [0.3, 0.4) is 0 Å². The molecule has 0 amide bonds. The lowest BCUT2D eigenvalue weighted by molar-refractivity contribution is 0.527. The Balaban J connectivity index is 1.61. The van der Waals surface area contributed by atoms with Crippen LogP contribution in [0.2, 0.25) is 0 Å². The van der Waals surface area contributed by atoms with Gasteiger partial charge < -0.3 is 4.90 Å². The second kappa shape index (κ2) is 6.57. The molecule has 0 saturated carbocycles. The maximum atomic E-state index is 13.3. The van der Waals surface area contributed by atoms with E-state index in [-0.39, 0.29) is 5.69 Å². The molecule has 4 rings (SSSR count). The number of hydrogen-bond donors (Lipinski definition) is 0. The molecule has 0 spiro atoms. The van der Waals surface area contributed by atoms with Gasteiger partial charge >= 0.3 is 0 Å². The number of anilines is 2. The van der Waals surface area contributed by atoms with Gasteiger partial charge in [0.25, 0.3) is 0 Å². The maximum Gasteiger partial charge on any atom is 0.239 e. The maximum absolute atomic E-state index is 13.3. The van der Waals surface area contributed by atoms with Crippen LogP contribution in [0.5, 0.6) is 0 Å². The number of benzene rings is 1. The molecule has 1 atom stereocenters. The molecule has 2 aliphatic heterocycles. The van der Waals surface area contributed by atoms with E-state index in [2.05, 4.69) is 9.97 Å². The van der Waals surface area contributed by atoms with Crippen LogP contribution in [-0.4, -0.2) is 43.3 Å². The second-order valence-electron chi connectivity index (χ2n) is 6.55. The van der Waals surface area contributed by atoms with Gasteiger partial charge in [-0.05, 0) is 30.9 Å². The molecule has 1 unspecified atom stereocenters. The molecule has 0 radical (unpaired) electrons. The van der Waals surface area contributed by atoms with Crippen LogP contribution in [0, 0.1) is 11.3 Å². The number of nitriles is 1. The number of para-hydroxylation sites is 1. The third-order valence-electron chi connectivity index (χ3n) is 5.04. The van der Waals surface area contributed by atoms with Crippen molar-refractivity contribution in [2.45, 2.75) is 24.5 Å². The molecule has 1 aromatic heterocycles. The van der Waals surface area contributed by atoms with E-state index in [0.29, 0.717) is 31.9 Å². The van der Waals surface area contributed by atoms with Crippen LogP contribution < -0.4 is 9.21 Å². The van der Waals surface area contributed by atoms with Gasteiger partial charge in [-0.25, -0.2) is 18.4 Å². The average molecular weight is 369 g/mol. The lowest BCUT2D eigenvalue weighted by Crippen LogP contribution is -2.48. The Morgan fingerprint density at radius 1 is 1.15 bits per heavy atom. The fourth-order valence-electron chi connectivity index (χ4n) is 3.77. The zero-order valence-electron chi connectivity index (χ0n) is 14.2. The van der Waals surface area contributed by atoms with Crippen molar-refractivity contribution in [2.24, 2.45) is 0 Å². The number of hydrogen-bond acceptors (Lipinski definition) is 6. The average Bonchev–Trinajstić information content (AvgIpc) is 3.13. The monoisotopic (exact) mass is 369 g/mol. The molecule has 0 aliphatic carbocycles. The van der Waals surface area contributed by atoms with E-state index in [1.807, 2.05) is 35.2 Å². The van der Waals surface area contributed by atoms with Crippen LogP contribution in [0.25, 0.3) is 0 Å². The van der Waals surface area contributed by atoms with Gasteiger partial charge in [0.1, 0.15) is 6.07 Å². The first kappa shape index (κ1) is 16.8. The molecule has 8 heteroatoms. The molecule has 1 saturated heterocycles. The zero-order chi connectivity index (χ0) is 18.1. The Labute approximate surface area is 153 Å². The van der Waals surface area contributed by atoms with Crippen molar-refractivity contribution in [1.29, 1.82) is 5.26 Å². The molecular weight excluding hydrogens is 350 g/mol. The molecule has 0 bridgehead atoms. The molecule has 7 nitrogen and oxygen atoms in total. The lowest BCUT2D eigenvalue weighted by atomic mass is 10.1.